The van der Waals surface area contributed by atoms with Gasteiger partial charge < -0.3 is 0 Å². The van der Waals surface area contributed by atoms with Crippen LogP contribution in [0.25, 0.3) is 0 Å². The van der Waals surface area contributed by atoms with Gasteiger partial charge in [0.2, 0.25) is 0 Å². The summed E-state index contributed by atoms with van der Waals surface area (Å²) in [6.07, 6.45) is 5.30. The third kappa shape index (κ3) is 3.36. The van der Waals surface area contributed by atoms with Gasteiger partial charge in [0.05, 0.1) is 12.6 Å². The lowest BCUT2D eigenvalue weighted by Crippen LogP contribution is -2.36. The minimum Gasteiger partial charge on any atom is -0.287 e. The zero-order valence-electron chi connectivity index (χ0n) is 8.79. The van der Waals surface area contributed by atoms with Crippen molar-refractivity contribution in [1.82, 2.24) is 4.90 Å². The van der Waals surface area contributed by atoms with E-state index in [1.165, 1.54) is 25.7 Å². The van der Waals surface area contributed by atoms with Crippen molar-refractivity contribution in [3.63, 3.8) is 0 Å². The Balaban J connectivity index is 2.41. The van der Waals surface area contributed by atoms with Crippen molar-refractivity contribution in [2.75, 3.05) is 13.1 Å². The van der Waals surface area contributed by atoms with E-state index in [9.17, 15) is 0 Å². The highest BCUT2D eigenvalue weighted by Crippen LogP contribution is 2.23. The fraction of sp³-hybridized carbons (Fsp3) is 0.909. The van der Waals surface area contributed by atoms with Crippen molar-refractivity contribution in [1.29, 1.82) is 5.26 Å². The first-order valence-electron chi connectivity index (χ1n) is 5.35. The molecule has 0 aromatic rings. The Labute approximate surface area is 81.5 Å². The van der Waals surface area contributed by atoms with Crippen LogP contribution < -0.4 is 0 Å². The number of hydrogen-bond donors (Lipinski definition) is 0. The van der Waals surface area contributed by atoms with Gasteiger partial charge in [0, 0.05) is 12.6 Å². The van der Waals surface area contributed by atoms with E-state index in [-0.39, 0.29) is 0 Å². The van der Waals surface area contributed by atoms with E-state index in [4.69, 9.17) is 5.26 Å². The van der Waals surface area contributed by atoms with E-state index in [0.717, 1.165) is 6.54 Å². The topological polar surface area (TPSA) is 27.0 Å². The molecular weight excluding hydrogens is 160 g/mol. The van der Waals surface area contributed by atoms with Gasteiger partial charge in [-0.1, -0.05) is 26.7 Å². The SMILES string of the molecule is CC(C)CN(CC#N)C1CCCC1. The van der Waals surface area contributed by atoms with Crippen LogP contribution >= 0.6 is 0 Å². The van der Waals surface area contributed by atoms with E-state index in [1.807, 2.05) is 0 Å². The molecule has 1 aliphatic carbocycles. The first-order valence-corrected chi connectivity index (χ1v) is 5.35. The van der Waals surface area contributed by atoms with Crippen molar-refractivity contribution in [2.45, 2.75) is 45.6 Å². The first kappa shape index (κ1) is 10.5. The van der Waals surface area contributed by atoms with Crippen molar-refractivity contribution in [3.8, 4) is 6.07 Å². The van der Waals surface area contributed by atoms with Gasteiger partial charge in [-0.25, -0.2) is 0 Å². The van der Waals surface area contributed by atoms with Crippen LogP contribution in [0.4, 0.5) is 0 Å². The molecule has 1 fully saturated rings. The first-order chi connectivity index (χ1) is 6.24. The van der Waals surface area contributed by atoms with Crippen LogP contribution in [0.3, 0.4) is 0 Å². The zero-order chi connectivity index (χ0) is 9.68. The second-order valence-electron chi connectivity index (χ2n) is 4.42. The lowest BCUT2D eigenvalue weighted by molar-refractivity contribution is 0.199. The largest absolute Gasteiger partial charge is 0.287 e. The van der Waals surface area contributed by atoms with Crippen LogP contribution in [-0.2, 0) is 0 Å². The molecule has 2 nitrogen and oxygen atoms in total. The van der Waals surface area contributed by atoms with Crippen LogP contribution in [0, 0.1) is 17.2 Å². The van der Waals surface area contributed by atoms with E-state index >= 15 is 0 Å². The molecule has 0 atom stereocenters. The standard InChI is InChI=1S/C11H20N2/c1-10(2)9-13(8-7-12)11-5-3-4-6-11/h10-11H,3-6,8-9H2,1-2H3. The lowest BCUT2D eigenvalue weighted by atomic mass is 10.1. The fourth-order valence-corrected chi connectivity index (χ4v) is 2.17. The molecule has 0 saturated heterocycles. The van der Waals surface area contributed by atoms with E-state index < -0.39 is 0 Å². The molecule has 1 aliphatic rings. The highest BCUT2D eigenvalue weighted by molar-refractivity contribution is 4.84. The minimum atomic E-state index is 0.614. The molecule has 0 amide bonds. The molecular formula is C11H20N2. The maximum Gasteiger partial charge on any atom is 0.0868 e. The van der Waals surface area contributed by atoms with Gasteiger partial charge >= 0.3 is 0 Å². The average molecular weight is 180 g/mol. The smallest absolute Gasteiger partial charge is 0.0868 e. The number of hydrogen-bond acceptors (Lipinski definition) is 2. The van der Waals surface area contributed by atoms with Gasteiger partial charge in [-0.3, -0.25) is 4.90 Å². The Morgan fingerprint density at radius 3 is 2.46 bits per heavy atom. The fourth-order valence-electron chi connectivity index (χ4n) is 2.17. The lowest BCUT2D eigenvalue weighted by Gasteiger charge is -2.27. The summed E-state index contributed by atoms with van der Waals surface area (Å²) in [6.45, 7) is 6.14. The summed E-state index contributed by atoms with van der Waals surface area (Å²) in [5.41, 5.74) is 0. The molecule has 0 spiro atoms. The quantitative estimate of drug-likeness (QED) is 0.621. The van der Waals surface area contributed by atoms with Crippen LogP contribution in [0.15, 0.2) is 0 Å². The third-order valence-electron chi connectivity index (χ3n) is 2.71. The van der Waals surface area contributed by atoms with Gasteiger partial charge in [-0.2, -0.15) is 5.26 Å². The molecule has 74 valence electrons. The Morgan fingerprint density at radius 2 is 2.00 bits per heavy atom. The summed E-state index contributed by atoms with van der Waals surface area (Å²) in [5.74, 6) is 0.675. The van der Waals surface area contributed by atoms with Gasteiger partial charge in [0.25, 0.3) is 0 Å². The van der Waals surface area contributed by atoms with E-state index in [0.29, 0.717) is 18.5 Å². The van der Waals surface area contributed by atoms with Gasteiger partial charge in [-0.05, 0) is 18.8 Å². The Bertz CT molecular complexity index is 175. The van der Waals surface area contributed by atoms with Crippen molar-refractivity contribution < 1.29 is 0 Å². The second-order valence-corrected chi connectivity index (χ2v) is 4.42. The summed E-state index contributed by atoms with van der Waals surface area (Å²) in [6, 6.07) is 2.97. The number of nitrogens with zero attached hydrogens (tertiary/aromatic N) is 2. The molecule has 0 aromatic heterocycles. The molecule has 1 rings (SSSR count). The highest BCUT2D eigenvalue weighted by atomic mass is 15.2. The average Bonchev–Trinajstić information content (AvgIpc) is 2.54. The number of nitriles is 1. The molecule has 0 bridgehead atoms. The van der Waals surface area contributed by atoms with Gasteiger partial charge in [0.1, 0.15) is 0 Å². The molecule has 1 saturated carbocycles. The Morgan fingerprint density at radius 1 is 1.38 bits per heavy atom. The van der Waals surface area contributed by atoms with Crippen LogP contribution in [0.1, 0.15) is 39.5 Å². The van der Waals surface area contributed by atoms with Crippen molar-refractivity contribution in [2.24, 2.45) is 5.92 Å². The molecule has 0 unspecified atom stereocenters. The summed E-state index contributed by atoms with van der Waals surface area (Å²) in [7, 11) is 0. The third-order valence-corrected chi connectivity index (χ3v) is 2.71. The van der Waals surface area contributed by atoms with Crippen LogP contribution in [0.2, 0.25) is 0 Å². The zero-order valence-corrected chi connectivity index (χ0v) is 8.79. The molecule has 0 aromatic carbocycles. The Kier molecular flexibility index (Phi) is 4.24. The minimum absolute atomic E-state index is 0.614. The summed E-state index contributed by atoms with van der Waals surface area (Å²) in [5, 5.41) is 8.72. The maximum absolute atomic E-state index is 8.72. The second kappa shape index (κ2) is 5.24. The molecule has 0 aliphatic heterocycles. The summed E-state index contributed by atoms with van der Waals surface area (Å²) in [4.78, 5) is 2.36. The predicted octanol–water partition coefficient (Wildman–Crippen LogP) is 2.41. The normalized spacial score (nSPS) is 18.4. The maximum atomic E-state index is 8.72. The molecule has 0 radical (unpaired) electrons. The van der Waals surface area contributed by atoms with Crippen LogP contribution in [-0.4, -0.2) is 24.0 Å². The van der Waals surface area contributed by atoms with Crippen molar-refractivity contribution >= 4 is 0 Å². The molecule has 2 heteroatoms. The predicted molar refractivity (Wildman–Crippen MR) is 54.3 cm³/mol. The molecule has 0 N–H and O–H groups in total. The molecule has 0 heterocycles. The van der Waals surface area contributed by atoms with Gasteiger partial charge in [0.15, 0.2) is 0 Å². The van der Waals surface area contributed by atoms with E-state index in [2.05, 4.69) is 24.8 Å². The monoisotopic (exact) mass is 180 g/mol. The summed E-state index contributed by atoms with van der Waals surface area (Å²) >= 11 is 0. The summed E-state index contributed by atoms with van der Waals surface area (Å²) < 4.78 is 0. The number of rotatable bonds is 4. The molecule has 13 heavy (non-hydrogen) atoms. The van der Waals surface area contributed by atoms with Crippen LogP contribution in [0.5, 0.6) is 0 Å². The van der Waals surface area contributed by atoms with Gasteiger partial charge in [-0.15, -0.1) is 0 Å². The highest BCUT2D eigenvalue weighted by Gasteiger charge is 2.22. The Hall–Kier alpha value is -0.550. The van der Waals surface area contributed by atoms with Crippen molar-refractivity contribution in [3.05, 3.63) is 0 Å². The van der Waals surface area contributed by atoms with E-state index in [1.54, 1.807) is 0 Å².